The molecule has 0 spiro atoms. The predicted octanol–water partition coefficient (Wildman–Crippen LogP) is 1.60. The van der Waals surface area contributed by atoms with Crippen molar-refractivity contribution in [2.75, 3.05) is 13.2 Å². The summed E-state index contributed by atoms with van der Waals surface area (Å²) >= 11 is 0. The highest BCUT2D eigenvalue weighted by molar-refractivity contribution is 5.80. The molecule has 1 aliphatic heterocycles. The van der Waals surface area contributed by atoms with E-state index in [0.29, 0.717) is 12.5 Å². The van der Waals surface area contributed by atoms with Gasteiger partial charge in [0, 0.05) is 5.92 Å². The Bertz CT molecular complexity index is 199. The van der Waals surface area contributed by atoms with Crippen LogP contribution in [0, 0.1) is 5.92 Å². The van der Waals surface area contributed by atoms with E-state index >= 15 is 0 Å². The Morgan fingerprint density at radius 2 is 2.15 bits per heavy atom. The van der Waals surface area contributed by atoms with E-state index in [9.17, 15) is 0 Å². The maximum absolute atomic E-state index is 9.08. The average molecular weight is 185 g/mol. The van der Waals surface area contributed by atoms with Crippen molar-refractivity contribution in [3.05, 3.63) is 0 Å². The summed E-state index contributed by atoms with van der Waals surface area (Å²) in [6.07, 6.45) is 2.10. The van der Waals surface area contributed by atoms with Crippen LogP contribution < -0.4 is 0 Å². The first-order valence-electron chi connectivity index (χ1n) is 4.98. The minimum absolute atomic E-state index is 0.0661. The molecule has 13 heavy (non-hydrogen) atoms. The van der Waals surface area contributed by atoms with E-state index in [1.54, 1.807) is 0 Å². The minimum Gasteiger partial charge on any atom is -0.478 e. The largest absolute Gasteiger partial charge is 0.478 e. The Kier molecular flexibility index (Phi) is 3.31. The molecule has 0 amide bonds. The van der Waals surface area contributed by atoms with E-state index in [4.69, 9.17) is 9.84 Å². The van der Waals surface area contributed by atoms with Crippen LogP contribution in [0.4, 0.5) is 0 Å². The number of aliphatic hydroxyl groups is 1. The number of ether oxygens (including phenoxy) is 1. The third-order valence-corrected chi connectivity index (χ3v) is 2.59. The van der Waals surface area contributed by atoms with E-state index in [1.165, 1.54) is 0 Å². The van der Waals surface area contributed by atoms with Crippen LogP contribution in [0.1, 0.15) is 33.6 Å². The first kappa shape index (κ1) is 10.5. The van der Waals surface area contributed by atoms with Crippen molar-refractivity contribution in [3.63, 3.8) is 0 Å². The standard InChI is InChI=1S/C10H19NO2/c1-4-8(5-2)9-11-10(3,6-12)7-13-9/h8,12H,4-7H2,1-3H3. The molecule has 3 heteroatoms. The van der Waals surface area contributed by atoms with Crippen LogP contribution in [0.5, 0.6) is 0 Å². The third-order valence-electron chi connectivity index (χ3n) is 2.59. The SMILES string of the molecule is CCC(CC)C1=NC(C)(CO)CO1. The molecule has 0 bridgehead atoms. The summed E-state index contributed by atoms with van der Waals surface area (Å²) in [4.78, 5) is 4.42. The molecule has 0 saturated carbocycles. The van der Waals surface area contributed by atoms with E-state index in [0.717, 1.165) is 18.7 Å². The molecule has 0 fully saturated rings. The van der Waals surface area contributed by atoms with Crippen LogP contribution in [0.25, 0.3) is 0 Å². The van der Waals surface area contributed by atoms with E-state index in [1.807, 2.05) is 6.92 Å². The van der Waals surface area contributed by atoms with Gasteiger partial charge in [0.25, 0.3) is 0 Å². The molecule has 1 atom stereocenters. The zero-order chi connectivity index (χ0) is 9.90. The summed E-state index contributed by atoms with van der Waals surface area (Å²) in [7, 11) is 0. The predicted molar refractivity (Wildman–Crippen MR) is 52.9 cm³/mol. The number of aliphatic imine (C=N–C) groups is 1. The average Bonchev–Trinajstić information content (AvgIpc) is 2.52. The van der Waals surface area contributed by atoms with Crippen LogP contribution >= 0.6 is 0 Å². The van der Waals surface area contributed by atoms with Crippen molar-refractivity contribution in [2.45, 2.75) is 39.2 Å². The highest BCUT2D eigenvalue weighted by atomic mass is 16.5. The smallest absolute Gasteiger partial charge is 0.187 e. The Labute approximate surface area is 79.8 Å². The summed E-state index contributed by atoms with van der Waals surface area (Å²) in [6, 6.07) is 0. The first-order valence-corrected chi connectivity index (χ1v) is 4.98. The zero-order valence-corrected chi connectivity index (χ0v) is 8.71. The lowest BCUT2D eigenvalue weighted by atomic mass is 10.0. The topological polar surface area (TPSA) is 41.8 Å². The van der Waals surface area contributed by atoms with Crippen LogP contribution in [0.2, 0.25) is 0 Å². The van der Waals surface area contributed by atoms with Gasteiger partial charge in [-0.3, -0.25) is 0 Å². The second kappa shape index (κ2) is 4.09. The number of rotatable bonds is 4. The lowest BCUT2D eigenvalue weighted by Gasteiger charge is -2.12. The van der Waals surface area contributed by atoms with Crippen molar-refractivity contribution in [1.82, 2.24) is 0 Å². The monoisotopic (exact) mass is 185 g/mol. The summed E-state index contributed by atoms with van der Waals surface area (Å²) in [5, 5.41) is 9.08. The second-order valence-electron chi connectivity index (χ2n) is 3.91. The molecule has 0 radical (unpaired) electrons. The molecule has 1 aliphatic rings. The van der Waals surface area contributed by atoms with Gasteiger partial charge in [-0.1, -0.05) is 13.8 Å². The van der Waals surface area contributed by atoms with Gasteiger partial charge in [0.2, 0.25) is 0 Å². The van der Waals surface area contributed by atoms with Crippen molar-refractivity contribution in [3.8, 4) is 0 Å². The summed E-state index contributed by atoms with van der Waals surface area (Å²) < 4.78 is 5.49. The zero-order valence-electron chi connectivity index (χ0n) is 8.71. The summed E-state index contributed by atoms with van der Waals surface area (Å²) in [6.45, 7) is 6.78. The number of nitrogens with zero attached hydrogens (tertiary/aromatic N) is 1. The Hall–Kier alpha value is -0.570. The van der Waals surface area contributed by atoms with Gasteiger partial charge in [-0.25, -0.2) is 4.99 Å². The highest BCUT2D eigenvalue weighted by Gasteiger charge is 2.33. The fraction of sp³-hybridized carbons (Fsp3) is 0.900. The molecule has 0 saturated heterocycles. The van der Waals surface area contributed by atoms with Crippen molar-refractivity contribution < 1.29 is 9.84 Å². The second-order valence-corrected chi connectivity index (χ2v) is 3.91. The van der Waals surface area contributed by atoms with Gasteiger partial charge >= 0.3 is 0 Å². The summed E-state index contributed by atoms with van der Waals surface area (Å²) in [5.41, 5.74) is -0.391. The van der Waals surface area contributed by atoms with Gasteiger partial charge < -0.3 is 9.84 Å². The maximum Gasteiger partial charge on any atom is 0.187 e. The number of hydrogen-bond donors (Lipinski definition) is 1. The highest BCUT2D eigenvalue weighted by Crippen LogP contribution is 2.23. The molecule has 1 rings (SSSR count). The summed E-state index contributed by atoms with van der Waals surface area (Å²) in [5.74, 6) is 1.26. The van der Waals surface area contributed by atoms with Crippen molar-refractivity contribution in [2.24, 2.45) is 10.9 Å². The van der Waals surface area contributed by atoms with Crippen LogP contribution in [0.15, 0.2) is 4.99 Å². The lowest BCUT2D eigenvalue weighted by molar-refractivity contribution is 0.167. The molecule has 0 aliphatic carbocycles. The fourth-order valence-electron chi connectivity index (χ4n) is 1.49. The minimum atomic E-state index is -0.391. The number of aliphatic hydroxyl groups excluding tert-OH is 1. The fourth-order valence-corrected chi connectivity index (χ4v) is 1.49. The van der Waals surface area contributed by atoms with Gasteiger partial charge in [0.15, 0.2) is 5.90 Å². The van der Waals surface area contributed by atoms with E-state index in [-0.39, 0.29) is 6.61 Å². The molecular weight excluding hydrogens is 166 g/mol. The third kappa shape index (κ3) is 2.21. The quantitative estimate of drug-likeness (QED) is 0.723. The lowest BCUT2D eigenvalue weighted by Crippen LogP contribution is -2.28. The molecule has 3 nitrogen and oxygen atoms in total. The van der Waals surface area contributed by atoms with Crippen LogP contribution in [0.3, 0.4) is 0 Å². The maximum atomic E-state index is 9.08. The van der Waals surface area contributed by atoms with Gasteiger partial charge in [0.05, 0.1) is 6.61 Å². The molecule has 0 aromatic heterocycles. The molecule has 0 aromatic rings. The molecule has 0 aromatic carbocycles. The normalized spacial score (nSPS) is 27.6. The van der Waals surface area contributed by atoms with E-state index in [2.05, 4.69) is 18.8 Å². The molecular formula is C10H19NO2. The van der Waals surface area contributed by atoms with Crippen molar-refractivity contribution >= 4 is 5.90 Å². The number of hydrogen-bond acceptors (Lipinski definition) is 3. The Morgan fingerprint density at radius 1 is 1.54 bits per heavy atom. The molecule has 76 valence electrons. The van der Waals surface area contributed by atoms with Gasteiger partial charge in [0.1, 0.15) is 12.1 Å². The van der Waals surface area contributed by atoms with Gasteiger partial charge in [-0.05, 0) is 19.8 Å². The molecule has 1 heterocycles. The molecule has 1 unspecified atom stereocenters. The Morgan fingerprint density at radius 3 is 2.54 bits per heavy atom. The van der Waals surface area contributed by atoms with Crippen LogP contribution in [-0.4, -0.2) is 29.8 Å². The van der Waals surface area contributed by atoms with E-state index < -0.39 is 5.54 Å². The first-order chi connectivity index (χ1) is 6.15. The van der Waals surface area contributed by atoms with Crippen molar-refractivity contribution in [1.29, 1.82) is 0 Å². The Balaban J connectivity index is 2.67. The van der Waals surface area contributed by atoms with Gasteiger partial charge in [-0.15, -0.1) is 0 Å². The molecule has 1 N–H and O–H groups in total. The van der Waals surface area contributed by atoms with Crippen LogP contribution in [-0.2, 0) is 4.74 Å². The van der Waals surface area contributed by atoms with Gasteiger partial charge in [-0.2, -0.15) is 0 Å².